The molecule has 0 saturated carbocycles. The summed E-state index contributed by atoms with van der Waals surface area (Å²) >= 11 is 0. The Morgan fingerprint density at radius 2 is 2.10 bits per heavy atom. The molecule has 5 nitrogen and oxygen atoms in total. The molecule has 1 fully saturated rings. The highest BCUT2D eigenvalue weighted by Crippen LogP contribution is 2.37. The van der Waals surface area contributed by atoms with Crippen LogP contribution in [0.4, 0.5) is 5.69 Å². The number of fused-ring (bicyclic) bond motifs is 1. The van der Waals surface area contributed by atoms with Crippen LogP contribution >= 0.6 is 0 Å². The highest BCUT2D eigenvalue weighted by Gasteiger charge is 2.35. The first-order valence-corrected chi connectivity index (χ1v) is 7.51. The summed E-state index contributed by atoms with van der Waals surface area (Å²) in [4.78, 5) is 14.8. The predicted molar refractivity (Wildman–Crippen MR) is 80.7 cm³/mol. The van der Waals surface area contributed by atoms with Crippen LogP contribution in [0.5, 0.6) is 11.5 Å². The second kappa shape index (κ2) is 5.56. The fourth-order valence-electron chi connectivity index (χ4n) is 3.31. The van der Waals surface area contributed by atoms with Gasteiger partial charge in [0.25, 0.3) is 0 Å². The molecule has 0 aliphatic carbocycles. The summed E-state index contributed by atoms with van der Waals surface area (Å²) < 4.78 is 10.7. The summed E-state index contributed by atoms with van der Waals surface area (Å²) in [5.41, 5.74) is 1.81. The van der Waals surface area contributed by atoms with E-state index < -0.39 is 0 Å². The van der Waals surface area contributed by atoms with E-state index in [1.54, 1.807) is 0 Å². The van der Waals surface area contributed by atoms with Gasteiger partial charge in [0, 0.05) is 17.8 Å². The number of hydrogen-bond acceptors (Lipinski definition) is 4. The van der Waals surface area contributed by atoms with Crippen LogP contribution < -0.4 is 14.8 Å². The third kappa shape index (κ3) is 2.58. The zero-order chi connectivity index (χ0) is 15.0. The van der Waals surface area contributed by atoms with Crippen molar-refractivity contribution in [2.45, 2.75) is 32.7 Å². The minimum atomic E-state index is 0.0600. The molecule has 1 saturated heterocycles. The van der Waals surface area contributed by atoms with E-state index in [9.17, 15) is 4.79 Å². The number of hydrogen-bond donors (Lipinski definition) is 1. The van der Waals surface area contributed by atoms with E-state index in [-0.39, 0.29) is 18.6 Å². The summed E-state index contributed by atoms with van der Waals surface area (Å²) in [5.74, 6) is 1.61. The molecule has 1 amide bonds. The maximum Gasteiger partial charge on any atom is 0.231 e. The van der Waals surface area contributed by atoms with Gasteiger partial charge in [-0.3, -0.25) is 4.79 Å². The minimum Gasteiger partial charge on any atom is -0.454 e. The van der Waals surface area contributed by atoms with Crippen molar-refractivity contribution in [2.75, 3.05) is 25.7 Å². The minimum absolute atomic E-state index is 0.0600. The van der Waals surface area contributed by atoms with E-state index in [0.29, 0.717) is 11.8 Å². The molecule has 114 valence electrons. The molecular weight excluding hydrogens is 268 g/mol. The Labute approximate surface area is 125 Å². The topological polar surface area (TPSA) is 50.8 Å². The molecule has 21 heavy (non-hydrogen) atoms. The van der Waals surface area contributed by atoms with Crippen molar-refractivity contribution in [3.63, 3.8) is 0 Å². The van der Waals surface area contributed by atoms with E-state index >= 15 is 0 Å². The average Bonchev–Trinajstić information content (AvgIpc) is 3.04. The Morgan fingerprint density at radius 3 is 2.81 bits per heavy atom. The number of carbonyl (C=O) groups is 1. The second-order valence-electron chi connectivity index (χ2n) is 5.86. The molecule has 0 aromatic heterocycles. The maximum atomic E-state index is 12.6. The molecule has 3 rings (SSSR count). The lowest BCUT2D eigenvalue weighted by molar-refractivity contribution is -0.120. The van der Waals surface area contributed by atoms with Crippen molar-refractivity contribution in [1.29, 1.82) is 0 Å². The van der Waals surface area contributed by atoms with Gasteiger partial charge in [-0.2, -0.15) is 0 Å². The van der Waals surface area contributed by atoms with Crippen molar-refractivity contribution in [2.24, 2.45) is 5.92 Å². The van der Waals surface area contributed by atoms with Gasteiger partial charge in [0.2, 0.25) is 12.7 Å². The summed E-state index contributed by atoms with van der Waals surface area (Å²) in [6, 6.07) is 4.10. The molecule has 1 aromatic carbocycles. The van der Waals surface area contributed by atoms with Gasteiger partial charge in [-0.05, 0) is 45.0 Å². The van der Waals surface area contributed by atoms with Gasteiger partial charge < -0.3 is 19.7 Å². The number of nitrogens with one attached hydrogen (secondary N) is 1. The standard InChI is InChI=1S/C16H22N2O3/c1-4-13-11(5-6-18(13)3)16(19)17-12-8-15-14(7-10(12)2)20-9-21-15/h7-8,11,13H,4-6,9H2,1-3H3,(H,17,19)/t11-,13+/m0/s1. The lowest BCUT2D eigenvalue weighted by atomic mass is 9.97. The zero-order valence-corrected chi connectivity index (χ0v) is 12.8. The van der Waals surface area contributed by atoms with E-state index in [4.69, 9.17) is 9.47 Å². The number of likely N-dealkylation sites (tertiary alicyclic amines) is 1. The number of ether oxygens (including phenoxy) is 2. The molecule has 2 aliphatic heterocycles. The fraction of sp³-hybridized carbons (Fsp3) is 0.562. The Morgan fingerprint density at radius 1 is 1.38 bits per heavy atom. The van der Waals surface area contributed by atoms with Gasteiger partial charge in [-0.1, -0.05) is 6.92 Å². The second-order valence-corrected chi connectivity index (χ2v) is 5.86. The zero-order valence-electron chi connectivity index (χ0n) is 12.8. The van der Waals surface area contributed by atoms with E-state index in [1.807, 2.05) is 19.1 Å². The summed E-state index contributed by atoms with van der Waals surface area (Å²) in [5, 5.41) is 3.07. The Balaban J connectivity index is 1.76. The maximum absolute atomic E-state index is 12.6. The molecule has 0 unspecified atom stereocenters. The van der Waals surface area contributed by atoms with Gasteiger partial charge in [-0.15, -0.1) is 0 Å². The molecule has 0 radical (unpaired) electrons. The monoisotopic (exact) mass is 290 g/mol. The highest BCUT2D eigenvalue weighted by atomic mass is 16.7. The number of rotatable bonds is 3. The molecule has 0 bridgehead atoms. The van der Waals surface area contributed by atoms with Crippen LogP contribution in [0.2, 0.25) is 0 Å². The number of amides is 1. The summed E-state index contributed by atoms with van der Waals surface area (Å²) in [7, 11) is 2.09. The molecule has 5 heteroatoms. The van der Waals surface area contributed by atoms with E-state index in [2.05, 4.69) is 24.2 Å². The van der Waals surface area contributed by atoms with E-state index in [1.165, 1.54) is 0 Å². The lowest BCUT2D eigenvalue weighted by Gasteiger charge is -2.23. The van der Waals surface area contributed by atoms with Gasteiger partial charge >= 0.3 is 0 Å². The predicted octanol–water partition coefficient (Wildman–Crippen LogP) is 2.39. The molecule has 2 heterocycles. The van der Waals surface area contributed by atoms with Gasteiger partial charge in [0.05, 0.1) is 5.92 Å². The third-order valence-corrected chi connectivity index (χ3v) is 4.56. The van der Waals surface area contributed by atoms with Crippen LogP contribution in [0.15, 0.2) is 12.1 Å². The fourth-order valence-corrected chi connectivity index (χ4v) is 3.31. The first kappa shape index (κ1) is 14.2. The number of carbonyl (C=O) groups excluding carboxylic acids is 1. The van der Waals surface area contributed by atoms with Crippen LogP contribution in [0.25, 0.3) is 0 Å². The Bertz CT molecular complexity index is 559. The van der Waals surface area contributed by atoms with Gasteiger partial charge in [0.15, 0.2) is 11.5 Å². The lowest BCUT2D eigenvalue weighted by Crippen LogP contribution is -2.35. The highest BCUT2D eigenvalue weighted by molar-refractivity contribution is 5.94. The SMILES string of the molecule is CC[C@@H]1[C@@H](C(=O)Nc2cc3c(cc2C)OCO3)CCN1C. The molecular formula is C16H22N2O3. The Hall–Kier alpha value is -1.75. The number of nitrogens with zero attached hydrogens (tertiary/aromatic N) is 1. The molecule has 0 spiro atoms. The van der Waals surface area contributed by atoms with Crippen LogP contribution in [0.3, 0.4) is 0 Å². The Kier molecular flexibility index (Phi) is 3.76. The normalized spacial score (nSPS) is 24.3. The molecule has 2 atom stereocenters. The van der Waals surface area contributed by atoms with Gasteiger partial charge in [0.1, 0.15) is 0 Å². The molecule has 2 aliphatic rings. The summed E-state index contributed by atoms with van der Waals surface area (Å²) in [6.45, 7) is 5.34. The quantitative estimate of drug-likeness (QED) is 0.928. The first-order valence-electron chi connectivity index (χ1n) is 7.51. The van der Waals surface area contributed by atoms with Gasteiger partial charge in [-0.25, -0.2) is 0 Å². The third-order valence-electron chi connectivity index (χ3n) is 4.56. The largest absolute Gasteiger partial charge is 0.454 e. The van der Waals surface area contributed by atoms with Crippen molar-refractivity contribution < 1.29 is 14.3 Å². The smallest absolute Gasteiger partial charge is 0.231 e. The van der Waals surface area contributed by atoms with Crippen molar-refractivity contribution in [1.82, 2.24) is 4.90 Å². The van der Waals surface area contributed by atoms with Crippen LogP contribution in [-0.4, -0.2) is 37.2 Å². The summed E-state index contributed by atoms with van der Waals surface area (Å²) in [6.07, 6.45) is 1.92. The number of aryl methyl sites for hydroxylation is 1. The van der Waals surface area contributed by atoms with Crippen LogP contribution in [0, 0.1) is 12.8 Å². The first-order chi connectivity index (χ1) is 10.1. The van der Waals surface area contributed by atoms with Crippen molar-refractivity contribution in [3.8, 4) is 11.5 Å². The van der Waals surface area contributed by atoms with Crippen LogP contribution in [0.1, 0.15) is 25.3 Å². The number of benzene rings is 1. The van der Waals surface area contributed by atoms with Crippen molar-refractivity contribution >= 4 is 11.6 Å². The van der Waals surface area contributed by atoms with E-state index in [0.717, 1.165) is 36.4 Å². The molecule has 1 N–H and O–H groups in total. The van der Waals surface area contributed by atoms with Crippen molar-refractivity contribution in [3.05, 3.63) is 17.7 Å². The average molecular weight is 290 g/mol. The van der Waals surface area contributed by atoms with Crippen LogP contribution in [-0.2, 0) is 4.79 Å². The number of anilines is 1. The molecule has 1 aromatic rings.